The van der Waals surface area contributed by atoms with Gasteiger partial charge >= 0.3 is 6.61 Å². The van der Waals surface area contributed by atoms with E-state index >= 15 is 0 Å². The Morgan fingerprint density at radius 1 is 1.35 bits per heavy atom. The quantitative estimate of drug-likeness (QED) is 0.889. The van der Waals surface area contributed by atoms with E-state index in [-0.39, 0.29) is 11.3 Å². The van der Waals surface area contributed by atoms with Crippen molar-refractivity contribution in [3.05, 3.63) is 36.0 Å². The van der Waals surface area contributed by atoms with Gasteiger partial charge in [0.15, 0.2) is 0 Å². The van der Waals surface area contributed by atoms with Gasteiger partial charge in [0.25, 0.3) is 0 Å². The molecule has 0 spiro atoms. The number of aromatic nitrogens is 2. The van der Waals surface area contributed by atoms with Crippen molar-refractivity contribution in [1.82, 2.24) is 10.2 Å². The number of aromatic amines is 1. The Morgan fingerprint density at radius 2 is 2.18 bits per heavy atom. The molecule has 0 radical (unpaired) electrons. The van der Waals surface area contributed by atoms with Gasteiger partial charge in [-0.25, -0.2) is 0 Å². The van der Waals surface area contributed by atoms with E-state index in [0.717, 1.165) is 0 Å². The minimum atomic E-state index is -2.96. The number of hydrogen-bond donors (Lipinski definition) is 1. The van der Waals surface area contributed by atoms with Gasteiger partial charge in [-0.15, -0.1) is 0 Å². The lowest BCUT2D eigenvalue weighted by molar-refractivity contribution is -0.0500. The Morgan fingerprint density at radius 3 is 2.76 bits per heavy atom. The van der Waals surface area contributed by atoms with Crippen LogP contribution in [0.3, 0.4) is 0 Å². The minimum Gasteiger partial charge on any atom is -0.433 e. The van der Waals surface area contributed by atoms with Gasteiger partial charge in [-0.05, 0) is 12.1 Å². The maximum absolute atomic E-state index is 12.2. The highest BCUT2D eigenvalue weighted by Gasteiger charge is 2.14. The van der Waals surface area contributed by atoms with Crippen LogP contribution >= 0.6 is 0 Å². The summed E-state index contributed by atoms with van der Waals surface area (Å²) in [5.41, 5.74) is 1.10. The molecule has 4 nitrogen and oxygen atoms in total. The highest BCUT2D eigenvalue weighted by atomic mass is 19.3. The highest BCUT2D eigenvalue weighted by molar-refractivity contribution is 5.70. The molecule has 6 heteroatoms. The van der Waals surface area contributed by atoms with Gasteiger partial charge in [-0.3, -0.25) is 5.10 Å². The predicted octanol–water partition coefficient (Wildman–Crippen LogP) is 2.55. The molecule has 2 rings (SSSR count). The van der Waals surface area contributed by atoms with Crippen LogP contribution in [-0.4, -0.2) is 16.8 Å². The smallest absolute Gasteiger partial charge is 0.387 e. The molecule has 0 aliphatic carbocycles. The Kier molecular flexibility index (Phi) is 3.01. The van der Waals surface area contributed by atoms with Crippen molar-refractivity contribution in [2.75, 3.05) is 0 Å². The topological polar surface area (TPSA) is 61.7 Å². The standard InChI is InChI=1S/C11H7F2N3O/c12-11(13)17-10-3-1-2-7(8(10)6-14)9-4-5-15-16-9/h1-5,11H,(H,15,16). The van der Waals surface area contributed by atoms with E-state index in [4.69, 9.17) is 5.26 Å². The first-order valence-corrected chi connectivity index (χ1v) is 4.70. The molecule has 0 atom stereocenters. The fourth-order valence-corrected chi connectivity index (χ4v) is 1.47. The van der Waals surface area contributed by atoms with E-state index < -0.39 is 6.61 Å². The number of H-pyrrole nitrogens is 1. The largest absolute Gasteiger partial charge is 0.433 e. The molecule has 0 aliphatic heterocycles. The van der Waals surface area contributed by atoms with E-state index in [9.17, 15) is 8.78 Å². The molecule has 17 heavy (non-hydrogen) atoms. The lowest BCUT2D eigenvalue weighted by atomic mass is 10.0. The molecule has 0 fully saturated rings. The average Bonchev–Trinajstić information content (AvgIpc) is 2.81. The van der Waals surface area contributed by atoms with Crippen molar-refractivity contribution in [3.8, 4) is 23.1 Å². The summed E-state index contributed by atoms with van der Waals surface area (Å²) in [4.78, 5) is 0. The SMILES string of the molecule is N#Cc1c(OC(F)F)cccc1-c1ccn[nH]1. The fourth-order valence-electron chi connectivity index (χ4n) is 1.47. The second-order valence-electron chi connectivity index (χ2n) is 3.14. The van der Waals surface area contributed by atoms with Crippen molar-refractivity contribution in [2.45, 2.75) is 6.61 Å². The predicted molar refractivity (Wildman–Crippen MR) is 55.4 cm³/mol. The molecule has 0 amide bonds. The summed E-state index contributed by atoms with van der Waals surface area (Å²) >= 11 is 0. The van der Waals surface area contributed by atoms with E-state index in [0.29, 0.717) is 11.3 Å². The number of hydrogen-bond acceptors (Lipinski definition) is 3. The molecule has 0 aliphatic rings. The summed E-state index contributed by atoms with van der Waals surface area (Å²) in [6.45, 7) is -2.96. The minimum absolute atomic E-state index is 0.0528. The van der Waals surface area contributed by atoms with Gasteiger partial charge in [-0.2, -0.15) is 19.1 Å². The second-order valence-corrected chi connectivity index (χ2v) is 3.14. The Labute approximate surface area is 95.5 Å². The van der Waals surface area contributed by atoms with Gasteiger partial charge in [0.1, 0.15) is 17.4 Å². The normalized spacial score (nSPS) is 10.2. The molecule has 1 N–H and O–H groups in total. The maximum atomic E-state index is 12.2. The summed E-state index contributed by atoms with van der Waals surface area (Å²) < 4.78 is 28.6. The van der Waals surface area contributed by atoms with Crippen molar-refractivity contribution in [3.63, 3.8) is 0 Å². The third kappa shape index (κ3) is 2.23. The molecule has 1 aromatic heterocycles. The number of rotatable bonds is 3. The number of ether oxygens (including phenoxy) is 1. The van der Waals surface area contributed by atoms with Crippen molar-refractivity contribution in [1.29, 1.82) is 5.26 Å². The zero-order valence-corrected chi connectivity index (χ0v) is 8.52. The molecular formula is C11H7F2N3O. The van der Waals surface area contributed by atoms with Gasteiger partial charge in [-0.1, -0.05) is 12.1 Å². The lowest BCUT2D eigenvalue weighted by Gasteiger charge is -2.08. The Bertz CT molecular complexity index is 546. The summed E-state index contributed by atoms with van der Waals surface area (Å²) in [5.74, 6) is -0.144. The first-order chi connectivity index (χ1) is 8.22. The molecule has 0 bridgehead atoms. The Balaban J connectivity index is 2.51. The van der Waals surface area contributed by atoms with Crippen molar-refractivity contribution < 1.29 is 13.5 Å². The zero-order valence-electron chi connectivity index (χ0n) is 8.52. The summed E-state index contributed by atoms with van der Waals surface area (Å²) in [5, 5.41) is 15.4. The van der Waals surface area contributed by atoms with E-state index in [1.807, 2.05) is 6.07 Å². The summed E-state index contributed by atoms with van der Waals surface area (Å²) in [6.07, 6.45) is 1.51. The molecule has 2 aromatic rings. The van der Waals surface area contributed by atoms with Crippen LogP contribution in [-0.2, 0) is 0 Å². The molecule has 0 saturated carbocycles. The highest BCUT2D eigenvalue weighted by Crippen LogP contribution is 2.29. The van der Waals surface area contributed by atoms with Crippen LogP contribution in [0.25, 0.3) is 11.3 Å². The van der Waals surface area contributed by atoms with Crippen LogP contribution in [0.5, 0.6) is 5.75 Å². The van der Waals surface area contributed by atoms with Crippen LogP contribution in [0.2, 0.25) is 0 Å². The van der Waals surface area contributed by atoms with E-state index in [1.165, 1.54) is 18.3 Å². The fraction of sp³-hybridized carbons (Fsp3) is 0.0909. The van der Waals surface area contributed by atoms with Gasteiger partial charge in [0.05, 0.1) is 5.69 Å². The third-order valence-corrected chi connectivity index (χ3v) is 2.14. The molecule has 1 aromatic carbocycles. The number of alkyl halides is 2. The number of nitriles is 1. The summed E-state index contributed by atoms with van der Waals surface area (Å²) in [7, 11) is 0. The molecular weight excluding hydrogens is 228 g/mol. The van der Waals surface area contributed by atoms with Crippen LogP contribution in [0.4, 0.5) is 8.78 Å². The number of nitrogens with zero attached hydrogens (tertiary/aromatic N) is 2. The van der Waals surface area contributed by atoms with Crippen LogP contribution in [0, 0.1) is 11.3 Å². The second kappa shape index (κ2) is 4.61. The first-order valence-electron chi connectivity index (χ1n) is 4.70. The molecule has 0 unspecified atom stereocenters. The zero-order chi connectivity index (χ0) is 12.3. The van der Waals surface area contributed by atoms with E-state index in [2.05, 4.69) is 14.9 Å². The van der Waals surface area contributed by atoms with Gasteiger partial charge in [0.2, 0.25) is 0 Å². The van der Waals surface area contributed by atoms with Crippen molar-refractivity contribution >= 4 is 0 Å². The lowest BCUT2D eigenvalue weighted by Crippen LogP contribution is -2.04. The van der Waals surface area contributed by atoms with Crippen LogP contribution in [0.1, 0.15) is 5.56 Å². The maximum Gasteiger partial charge on any atom is 0.387 e. The molecule has 1 heterocycles. The monoisotopic (exact) mass is 235 g/mol. The number of nitrogens with one attached hydrogen (secondary N) is 1. The first kappa shape index (κ1) is 11.1. The number of halogens is 2. The van der Waals surface area contributed by atoms with Gasteiger partial charge in [0, 0.05) is 11.8 Å². The molecule has 86 valence electrons. The van der Waals surface area contributed by atoms with Gasteiger partial charge < -0.3 is 4.74 Å². The van der Waals surface area contributed by atoms with Crippen molar-refractivity contribution in [2.24, 2.45) is 0 Å². The average molecular weight is 235 g/mol. The third-order valence-electron chi connectivity index (χ3n) is 2.14. The Hall–Kier alpha value is -2.42. The van der Waals surface area contributed by atoms with E-state index in [1.54, 1.807) is 12.1 Å². The van der Waals surface area contributed by atoms with Crippen LogP contribution < -0.4 is 4.74 Å². The van der Waals surface area contributed by atoms with Crippen LogP contribution in [0.15, 0.2) is 30.5 Å². The molecule has 0 saturated heterocycles. The summed E-state index contributed by atoms with van der Waals surface area (Å²) in [6, 6.07) is 7.98. The number of benzene rings is 1.